The maximum atomic E-state index is 12.9. The molecule has 166 valence electrons. The standard InChI is InChI=1S/C22H17ClN6O2S2/c1-31-13-8-6-12(7-9-13)19-27-28-22(29(19)24)33-11-17-25-20(30)18-15(10-32-21(18)26-17)14-4-2-3-5-16(14)23/h2-10H,11,24H2,1H3,(H,25,26,30). The number of aromatic nitrogens is 5. The smallest absolute Gasteiger partial charge is 0.260 e. The summed E-state index contributed by atoms with van der Waals surface area (Å²) in [5, 5.41) is 11.9. The van der Waals surface area contributed by atoms with Gasteiger partial charge in [-0.3, -0.25) is 4.79 Å². The Balaban J connectivity index is 1.39. The summed E-state index contributed by atoms with van der Waals surface area (Å²) in [7, 11) is 1.61. The highest BCUT2D eigenvalue weighted by Crippen LogP contribution is 2.35. The highest BCUT2D eigenvalue weighted by molar-refractivity contribution is 7.98. The van der Waals surface area contributed by atoms with Gasteiger partial charge in [0, 0.05) is 27.1 Å². The van der Waals surface area contributed by atoms with Gasteiger partial charge in [0.15, 0.2) is 5.82 Å². The quantitative estimate of drug-likeness (QED) is 0.261. The Kier molecular flexibility index (Phi) is 5.79. The minimum absolute atomic E-state index is 0.208. The minimum atomic E-state index is -0.208. The van der Waals surface area contributed by atoms with E-state index in [0.29, 0.717) is 37.8 Å². The third-order valence-corrected chi connectivity index (χ3v) is 7.16. The van der Waals surface area contributed by atoms with Crippen molar-refractivity contribution in [3.05, 3.63) is 75.1 Å². The number of nitrogen functional groups attached to an aromatic ring is 1. The molecule has 5 rings (SSSR count). The predicted octanol–water partition coefficient (Wildman–Crippen LogP) is 4.58. The molecule has 5 aromatic rings. The van der Waals surface area contributed by atoms with Crippen LogP contribution in [0.15, 0.2) is 63.9 Å². The van der Waals surface area contributed by atoms with Gasteiger partial charge in [0.25, 0.3) is 5.56 Å². The number of thiophene rings is 1. The Morgan fingerprint density at radius 3 is 2.70 bits per heavy atom. The largest absolute Gasteiger partial charge is 0.497 e. The Hall–Kier alpha value is -3.34. The van der Waals surface area contributed by atoms with Gasteiger partial charge in [-0.15, -0.1) is 21.5 Å². The molecule has 2 aromatic carbocycles. The first-order chi connectivity index (χ1) is 16.0. The molecule has 0 aliphatic heterocycles. The van der Waals surface area contributed by atoms with Gasteiger partial charge in [0.05, 0.1) is 18.2 Å². The highest BCUT2D eigenvalue weighted by Gasteiger charge is 2.16. The fourth-order valence-electron chi connectivity index (χ4n) is 3.39. The van der Waals surface area contributed by atoms with E-state index in [1.165, 1.54) is 27.8 Å². The molecular weight excluding hydrogens is 480 g/mol. The molecule has 33 heavy (non-hydrogen) atoms. The monoisotopic (exact) mass is 496 g/mol. The van der Waals surface area contributed by atoms with Crippen LogP contribution in [-0.2, 0) is 5.75 Å². The number of hydrogen-bond donors (Lipinski definition) is 2. The second-order valence-electron chi connectivity index (χ2n) is 7.02. The Bertz CT molecular complexity index is 1510. The SMILES string of the molecule is COc1ccc(-c2nnc(SCc3nc4scc(-c5ccccc5Cl)c4c(=O)[nH]3)n2N)cc1. The molecular formula is C22H17ClN6O2S2. The fourth-order valence-corrected chi connectivity index (χ4v) is 5.31. The summed E-state index contributed by atoms with van der Waals surface area (Å²) in [4.78, 5) is 21.0. The fraction of sp³-hybridized carbons (Fsp3) is 0.0909. The summed E-state index contributed by atoms with van der Waals surface area (Å²) in [6.07, 6.45) is 0. The Morgan fingerprint density at radius 1 is 1.15 bits per heavy atom. The normalized spacial score (nSPS) is 11.2. The summed E-state index contributed by atoms with van der Waals surface area (Å²) in [6, 6.07) is 14.8. The van der Waals surface area contributed by atoms with Crippen LogP contribution in [0.3, 0.4) is 0 Å². The van der Waals surface area contributed by atoms with Crippen molar-refractivity contribution in [3.63, 3.8) is 0 Å². The van der Waals surface area contributed by atoms with Crippen LogP contribution in [0.4, 0.5) is 0 Å². The Labute approximate surface area is 201 Å². The van der Waals surface area contributed by atoms with Gasteiger partial charge in [0.1, 0.15) is 16.4 Å². The van der Waals surface area contributed by atoms with E-state index in [0.717, 1.165) is 22.4 Å². The number of methoxy groups -OCH3 is 1. The second kappa shape index (κ2) is 8.89. The molecule has 0 fully saturated rings. The first kappa shape index (κ1) is 21.5. The van der Waals surface area contributed by atoms with Gasteiger partial charge in [-0.25, -0.2) is 9.66 Å². The van der Waals surface area contributed by atoms with Gasteiger partial charge in [0.2, 0.25) is 5.16 Å². The third kappa shape index (κ3) is 4.08. The van der Waals surface area contributed by atoms with Gasteiger partial charge < -0.3 is 15.6 Å². The van der Waals surface area contributed by atoms with Gasteiger partial charge in [-0.05, 0) is 30.3 Å². The van der Waals surface area contributed by atoms with E-state index in [9.17, 15) is 4.79 Å². The van der Waals surface area contributed by atoms with Gasteiger partial charge >= 0.3 is 0 Å². The number of ether oxygens (including phenoxy) is 1. The van der Waals surface area contributed by atoms with Crippen molar-refractivity contribution in [2.45, 2.75) is 10.9 Å². The molecule has 0 amide bonds. The van der Waals surface area contributed by atoms with Crippen LogP contribution in [0.5, 0.6) is 5.75 Å². The summed E-state index contributed by atoms with van der Waals surface area (Å²) in [5.41, 5.74) is 2.19. The zero-order valence-corrected chi connectivity index (χ0v) is 19.7. The number of halogens is 1. The first-order valence-electron chi connectivity index (χ1n) is 9.78. The number of nitrogens with zero attached hydrogens (tertiary/aromatic N) is 4. The van der Waals surface area contributed by atoms with Crippen molar-refractivity contribution in [3.8, 4) is 28.3 Å². The molecule has 0 aliphatic carbocycles. The topological polar surface area (TPSA) is 112 Å². The zero-order valence-electron chi connectivity index (χ0n) is 17.3. The Morgan fingerprint density at radius 2 is 1.94 bits per heavy atom. The van der Waals surface area contributed by atoms with E-state index in [1.807, 2.05) is 47.8 Å². The van der Waals surface area contributed by atoms with Crippen LogP contribution in [0.1, 0.15) is 5.82 Å². The van der Waals surface area contributed by atoms with Crippen LogP contribution in [-0.4, -0.2) is 32.0 Å². The van der Waals surface area contributed by atoms with E-state index >= 15 is 0 Å². The number of H-pyrrole nitrogens is 1. The lowest BCUT2D eigenvalue weighted by Gasteiger charge is -2.05. The molecule has 11 heteroatoms. The van der Waals surface area contributed by atoms with E-state index in [1.54, 1.807) is 13.2 Å². The second-order valence-corrected chi connectivity index (χ2v) is 9.22. The average Bonchev–Trinajstić information content (AvgIpc) is 3.42. The summed E-state index contributed by atoms with van der Waals surface area (Å²) < 4.78 is 6.60. The molecule has 0 bridgehead atoms. The number of fused-ring (bicyclic) bond motifs is 1. The van der Waals surface area contributed by atoms with Crippen LogP contribution >= 0.6 is 34.7 Å². The van der Waals surface area contributed by atoms with Crippen LogP contribution in [0, 0.1) is 0 Å². The lowest BCUT2D eigenvalue weighted by Crippen LogP contribution is -2.13. The van der Waals surface area contributed by atoms with E-state index in [4.69, 9.17) is 22.2 Å². The van der Waals surface area contributed by atoms with Crippen molar-refractivity contribution in [1.82, 2.24) is 24.8 Å². The molecule has 3 heterocycles. The predicted molar refractivity (Wildman–Crippen MR) is 132 cm³/mol. The maximum absolute atomic E-state index is 12.9. The average molecular weight is 497 g/mol. The third-order valence-electron chi connectivity index (χ3n) is 5.01. The molecule has 0 unspecified atom stereocenters. The summed E-state index contributed by atoms with van der Waals surface area (Å²) >= 11 is 9.07. The van der Waals surface area contributed by atoms with Crippen LogP contribution < -0.4 is 16.1 Å². The zero-order chi connectivity index (χ0) is 22.9. The highest BCUT2D eigenvalue weighted by atomic mass is 35.5. The van der Waals surface area contributed by atoms with Crippen molar-refractivity contribution in [1.29, 1.82) is 0 Å². The van der Waals surface area contributed by atoms with Crippen LogP contribution in [0.25, 0.3) is 32.7 Å². The number of nitrogens with one attached hydrogen (secondary N) is 1. The number of nitrogens with two attached hydrogens (primary N) is 1. The first-order valence-corrected chi connectivity index (χ1v) is 12.0. The summed E-state index contributed by atoms with van der Waals surface area (Å²) in [6.45, 7) is 0. The molecule has 0 atom stereocenters. The molecule has 0 aliphatic rings. The summed E-state index contributed by atoms with van der Waals surface area (Å²) in [5.74, 6) is 8.38. The van der Waals surface area contributed by atoms with E-state index in [-0.39, 0.29) is 5.56 Å². The molecule has 0 saturated heterocycles. The molecule has 0 radical (unpaired) electrons. The van der Waals surface area contributed by atoms with Gasteiger partial charge in [-0.1, -0.05) is 41.6 Å². The molecule has 8 nitrogen and oxygen atoms in total. The van der Waals surface area contributed by atoms with Crippen LogP contribution in [0.2, 0.25) is 5.02 Å². The molecule has 3 N–H and O–H groups in total. The van der Waals surface area contributed by atoms with E-state index in [2.05, 4.69) is 20.2 Å². The maximum Gasteiger partial charge on any atom is 0.260 e. The number of aromatic amines is 1. The molecule has 0 spiro atoms. The number of hydrogen-bond acceptors (Lipinski definition) is 8. The lowest BCUT2D eigenvalue weighted by atomic mass is 10.1. The molecule has 0 saturated carbocycles. The molecule has 3 aromatic heterocycles. The number of rotatable bonds is 6. The van der Waals surface area contributed by atoms with Crippen molar-refractivity contribution in [2.75, 3.05) is 13.0 Å². The van der Waals surface area contributed by atoms with Crippen molar-refractivity contribution >= 4 is 44.9 Å². The minimum Gasteiger partial charge on any atom is -0.497 e. The van der Waals surface area contributed by atoms with Gasteiger partial charge in [-0.2, -0.15) is 0 Å². The van der Waals surface area contributed by atoms with E-state index < -0.39 is 0 Å². The lowest BCUT2D eigenvalue weighted by molar-refractivity contribution is 0.415. The van der Waals surface area contributed by atoms with Crippen molar-refractivity contribution < 1.29 is 4.74 Å². The number of thioether (sulfide) groups is 1. The number of benzene rings is 2. The van der Waals surface area contributed by atoms with Crippen molar-refractivity contribution in [2.24, 2.45) is 0 Å².